The molecule has 109 heavy (non-hydrogen) atoms. The van der Waals surface area contributed by atoms with Gasteiger partial charge < -0.3 is 72.1 Å². The van der Waals surface area contributed by atoms with E-state index in [0.717, 1.165) is 45.4 Å². The predicted octanol–water partition coefficient (Wildman–Crippen LogP) is 10.00. The molecule has 0 fully saturated rings. The van der Waals surface area contributed by atoms with E-state index in [9.17, 15) is 24.0 Å². The van der Waals surface area contributed by atoms with E-state index >= 15 is 0 Å². The summed E-state index contributed by atoms with van der Waals surface area (Å²) in [6, 6.07) is 71.9. The quantitative estimate of drug-likeness (QED) is 0.0109. The van der Waals surface area contributed by atoms with Crippen LogP contribution in [0.4, 0.5) is 17.5 Å². The fraction of sp³-hybridized carbons (Fsp3) is 0.181. The van der Waals surface area contributed by atoms with Crippen LogP contribution in [-0.2, 0) is 0 Å². The molecule has 0 aliphatic heterocycles. The van der Waals surface area contributed by atoms with Gasteiger partial charge in [0.15, 0.2) is 40.7 Å². The number of halogens is 1. The number of anilines is 3. The number of aromatic amines is 3. The minimum Gasteiger partial charge on any atom is -0.870 e. The van der Waals surface area contributed by atoms with Gasteiger partial charge in [0.1, 0.15) is 60.3 Å². The summed E-state index contributed by atoms with van der Waals surface area (Å²) in [6.45, 7) is 9.09. The SMILES string of the molecule is CN(C#N)C(COc1ccnc(N)c1)c1ccccc1.CNC(COc1ccnc(C)c1)c1ccccc1.CNC(COc1ccnc(N)c1)c1ccccc1.Cc1cc(=O)cc[nH]1.Cc1cc(=O)cc[nH]1.Cc1cc(OCC(=O)c2ccccc2)ccn1.Nc1cc(=O)cc[nH]1.O=C(CBr)c1ccccc1.[Na+].[OH-]. The number of Topliss-reactive ketones (excluding diaryl/α,β-unsaturated/α-hetero) is 2. The van der Waals surface area contributed by atoms with Crippen molar-refractivity contribution >= 4 is 45.0 Å². The maximum atomic E-state index is 11.8. The van der Waals surface area contributed by atoms with Gasteiger partial charge in [-0.25, -0.2) is 9.97 Å². The van der Waals surface area contributed by atoms with Crippen LogP contribution in [0.25, 0.3) is 0 Å². The van der Waals surface area contributed by atoms with E-state index in [-0.39, 0.29) is 87.6 Å². The van der Waals surface area contributed by atoms with Crippen LogP contribution in [0, 0.1) is 39.1 Å². The van der Waals surface area contributed by atoms with Crippen molar-refractivity contribution in [2.45, 2.75) is 45.8 Å². The summed E-state index contributed by atoms with van der Waals surface area (Å²) in [5, 5.41) is 16.0. The maximum Gasteiger partial charge on any atom is 1.00 e. The molecule has 0 saturated heterocycles. The van der Waals surface area contributed by atoms with Crippen molar-refractivity contribution in [1.82, 2.24) is 50.4 Å². The second kappa shape index (κ2) is 53.0. The molecule has 0 bridgehead atoms. The van der Waals surface area contributed by atoms with Crippen molar-refractivity contribution in [1.29, 1.82) is 5.26 Å². The standard InChI is InChI=1S/C15H16N4O.C15H18N2O.C14H17N3O.C14H13NO2.C8H7BrO.2C6H7NO.C5H6N2O.Na.H2O/c1-19(11-16)14(12-5-3-2-4-6-12)10-20-13-7-8-18-15(17)9-13;1-12-10-14(8-9-17-12)18-11-15(16-2)13-6-4-3-5-7-13;1-16-13(11-5-3-2-4-6-11)10-18-12-7-8-17-14(15)9-12;1-11-9-13(7-8-15-11)17-10-14(16)12-5-3-2-4-6-12;9-6-8(10)7-4-2-1-3-5-7;2*1-5-4-6(8)2-3-7-5;6-5-3-4(8)1-2-7-5;;/h2-9,14H,10H2,1H3,(H2,17,18);3-10,15-16H,11H2,1-2H3;2-9,13,16H,10H2,1H3,(H2,15,17);2-9H,10H2,1H3;1-5H,6H2;2*2-4H,1H3,(H,7,8);1-3H,(H3,6,7,8);;1H2/q;;;;;;;;+1;/p-1. The number of aryl methyl sites for hydroxylation is 4. The molecule has 26 heteroatoms. The number of nitriles is 1. The molecule has 0 radical (unpaired) electrons. The summed E-state index contributed by atoms with van der Waals surface area (Å²) in [7, 11) is 5.60. The summed E-state index contributed by atoms with van der Waals surface area (Å²) in [5.41, 5.74) is 25.0. The van der Waals surface area contributed by atoms with Gasteiger partial charge in [0.25, 0.3) is 0 Å². The Hall–Kier alpha value is -11.9. The van der Waals surface area contributed by atoms with Crippen molar-refractivity contribution in [3.63, 3.8) is 0 Å². The van der Waals surface area contributed by atoms with E-state index in [1.54, 1.807) is 110 Å². The third kappa shape index (κ3) is 37.8. The predicted molar refractivity (Wildman–Crippen MR) is 429 cm³/mol. The van der Waals surface area contributed by atoms with Gasteiger partial charge in [-0.1, -0.05) is 168 Å². The van der Waals surface area contributed by atoms with Crippen molar-refractivity contribution in [3.8, 4) is 29.2 Å². The number of nitrogens with one attached hydrogen (secondary N) is 5. The molecule has 0 spiro atoms. The molecule has 7 heterocycles. The number of likely N-dealkylation sites (N-methyl/N-ethyl adjacent to an activating group) is 3. The number of aromatic nitrogens is 7. The maximum absolute atomic E-state index is 11.8. The van der Waals surface area contributed by atoms with Gasteiger partial charge in [-0.3, -0.25) is 33.9 Å². The number of hydrogen-bond acceptors (Lipinski definition) is 21. The molecule has 12 rings (SSSR count). The Labute approximate surface area is 666 Å². The molecule has 7 aromatic heterocycles. The van der Waals surface area contributed by atoms with Gasteiger partial charge in [-0.2, -0.15) is 5.26 Å². The number of benzene rings is 5. The van der Waals surface area contributed by atoms with E-state index < -0.39 is 0 Å². The monoisotopic (exact) mass is 1550 g/mol. The average Bonchev–Trinajstić information content (AvgIpc) is 0.874. The molecule has 0 aliphatic rings. The van der Waals surface area contributed by atoms with Crippen LogP contribution in [0.2, 0.25) is 0 Å². The Kier molecular flexibility index (Phi) is 44.4. The minimum absolute atomic E-state index is 0. The largest absolute Gasteiger partial charge is 1.00 e. The van der Waals surface area contributed by atoms with Crippen LogP contribution in [0.15, 0.2) is 294 Å². The third-order valence-electron chi connectivity index (χ3n) is 14.7. The molecule has 0 saturated carbocycles. The van der Waals surface area contributed by atoms with Gasteiger partial charge in [-0.05, 0) is 82.7 Å². The third-order valence-corrected chi connectivity index (χ3v) is 15.2. The van der Waals surface area contributed by atoms with Crippen LogP contribution < -0.4 is 92.6 Å². The van der Waals surface area contributed by atoms with Gasteiger partial charge >= 0.3 is 29.6 Å². The van der Waals surface area contributed by atoms with Crippen molar-refractivity contribution < 1.29 is 63.6 Å². The normalized spacial score (nSPS) is 10.5. The molecule has 0 amide bonds. The van der Waals surface area contributed by atoms with Crippen LogP contribution in [0.3, 0.4) is 0 Å². The molecular formula is C83H92BrN14NaO10. The topological polar surface area (TPSA) is 380 Å². The summed E-state index contributed by atoms with van der Waals surface area (Å²) >= 11 is 3.10. The molecule has 12 N–H and O–H groups in total. The van der Waals surface area contributed by atoms with Gasteiger partial charge in [-0.15, -0.1) is 0 Å². The molecule has 12 aromatic rings. The minimum atomic E-state index is -0.143. The Morgan fingerprint density at radius 1 is 0.468 bits per heavy atom. The Bertz CT molecular complexity index is 4530. The van der Waals surface area contributed by atoms with Crippen LogP contribution in [-0.4, -0.2) is 110 Å². The fourth-order valence-corrected chi connectivity index (χ4v) is 9.49. The molecule has 5 aromatic carbocycles. The zero-order chi connectivity index (χ0) is 77.4. The summed E-state index contributed by atoms with van der Waals surface area (Å²) in [6.07, 6.45) is 13.6. The summed E-state index contributed by atoms with van der Waals surface area (Å²) in [5.74, 6) is 4.28. The molecule has 3 unspecified atom stereocenters. The first-order chi connectivity index (χ1) is 51.7. The van der Waals surface area contributed by atoms with E-state index in [1.807, 2.05) is 169 Å². The number of hydrogen-bond donors (Lipinski definition) is 8. The number of alkyl halides is 1. The second-order valence-electron chi connectivity index (χ2n) is 23.1. The number of nitrogens with zero attached hydrogens (tertiary/aromatic N) is 6. The van der Waals surface area contributed by atoms with Gasteiger partial charge in [0.05, 0.1) is 23.5 Å². The summed E-state index contributed by atoms with van der Waals surface area (Å²) in [4.78, 5) is 80.1. The number of ketones is 2. The van der Waals surface area contributed by atoms with E-state index in [2.05, 4.69) is 91.9 Å². The first-order valence-corrected chi connectivity index (χ1v) is 34.8. The Morgan fingerprint density at radius 2 is 0.817 bits per heavy atom. The number of pyridine rings is 7. The van der Waals surface area contributed by atoms with Crippen LogP contribution in [0.5, 0.6) is 23.0 Å². The number of carbonyl (C=O) groups excluding carboxylic acids is 2. The number of H-pyrrole nitrogens is 3. The number of nitrogen functional groups attached to an aromatic ring is 3. The van der Waals surface area contributed by atoms with Crippen molar-refractivity contribution in [3.05, 3.63) is 361 Å². The smallest absolute Gasteiger partial charge is 0.870 e. The fourth-order valence-electron chi connectivity index (χ4n) is 9.17. The first kappa shape index (κ1) is 91.3. The van der Waals surface area contributed by atoms with E-state index in [0.29, 0.717) is 59.7 Å². The second-order valence-corrected chi connectivity index (χ2v) is 23.6. The molecule has 0 aliphatic carbocycles. The first-order valence-electron chi connectivity index (χ1n) is 33.6. The zero-order valence-corrected chi connectivity index (χ0v) is 65.8. The number of nitrogens with two attached hydrogens (primary N) is 3. The number of ether oxygens (including phenoxy) is 4. The molecule has 24 nitrogen and oxygen atoms in total. The zero-order valence-electron chi connectivity index (χ0n) is 62.2. The van der Waals surface area contributed by atoms with Crippen LogP contribution in [0.1, 0.15) is 78.3 Å². The Morgan fingerprint density at radius 3 is 1.15 bits per heavy atom. The Balaban J connectivity index is 0.000000330. The van der Waals surface area contributed by atoms with E-state index in [1.165, 1.54) is 41.6 Å². The average molecular weight is 1550 g/mol. The summed E-state index contributed by atoms with van der Waals surface area (Å²) < 4.78 is 22.6. The number of carbonyl (C=O) groups is 2. The molecule has 562 valence electrons. The van der Waals surface area contributed by atoms with Crippen molar-refractivity contribution in [2.75, 3.05) is 70.1 Å². The van der Waals surface area contributed by atoms with E-state index in [4.69, 9.17) is 41.4 Å². The molecular weight excluding hydrogens is 1460 g/mol. The number of rotatable bonds is 21. The van der Waals surface area contributed by atoms with Gasteiger partial charge in [0, 0.05) is 145 Å². The molecule has 3 atom stereocenters. The van der Waals surface area contributed by atoms with Crippen LogP contribution >= 0.6 is 15.9 Å². The van der Waals surface area contributed by atoms with Gasteiger partial charge in [0.2, 0.25) is 0 Å². The van der Waals surface area contributed by atoms with Crippen molar-refractivity contribution in [2.24, 2.45) is 0 Å².